The first kappa shape index (κ1) is 12.9. The molecule has 0 bridgehead atoms. The van der Waals surface area contributed by atoms with E-state index in [9.17, 15) is 0 Å². The molecule has 2 rings (SSSR count). The van der Waals surface area contributed by atoms with Gasteiger partial charge in [-0.3, -0.25) is 9.97 Å². The van der Waals surface area contributed by atoms with E-state index in [4.69, 9.17) is 0 Å². The lowest BCUT2D eigenvalue weighted by atomic mass is 10.2. The Morgan fingerprint density at radius 1 is 1.11 bits per heavy atom. The molecule has 0 amide bonds. The van der Waals surface area contributed by atoms with Crippen LogP contribution in [0, 0.1) is 0 Å². The van der Waals surface area contributed by atoms with Crippen molar-refractivity contribution >= 4 is 11.0 Å². The van der Waals surface area contributed by atoms with Crippen molar-refractivity contribution in [1.29, 1.82) is 0 Å². The summed E-state index contributed by atoms with van der Waals surface area (Å²) in [5, 5.41) is 3.45. The van der Waals surface area contributed by atoms with Gasteiger partial charge in [-0.15, -0.1) is 0 Å². The Balaban J connectivity index is 1.84. The van der Waals surface area contributed by atoms with Gasteiger partial charge in [0.1, 0.15) is 0 Å². The zero-order valence-corrected chi connectivity index (χ0v) is 11.1. The molecule has 96 valence electrons. The van der Waals surface area contributed by atoms with Gasteiger partial charge in [0.25, 0.3) is 0 Å². The summed E-state index contributed by atoms with van der Waals surface area (Å²) in [6, 6.07) is 6.23. The minimum atomic E-state index is 0.889. The molecule has 0 saturated heterocycles. The summed E-state index contributed by atoms with van der Waals surface area (Å²) in [5.41, 5.74) is 3.17. The van der Waals surface area contributed by atoms with Crippen LogP contribution in [0.25, 0.3) is 11.0 Å². The Bertz CT molecular complexity index is 496. The van der Waals surface area contributed by atoms with E-state index < -0.39 is 0 Å². The molecule has 0 fully saturated rings. The molecule has 0 radical (unpaired) electrons. The van der Waals surface area contributed by atoms with E-state index in [1.54, 1.807) is 12.4 Å². The Morgan fingerprint density at radius 3 is 2.67 bits per heavy atom. The maximum absolute atomic E-state index is 4.31. The number of fused-ring (bicyclic) bond motifs is 1. The molecule has 4 heteroatoms. The van der Waals surface area contributed by atoms with Crippen LogP contribution in [0.1, 0.15) is 12.0 Å². The summed E-state index contributed by atoms with van der Waals surface area (Å²) >= 11 is 0. The number of rotatable bonds is 6. The highest BCUT2D eigenvalue weighted by Crippen LogP contribution is 2.10. The van der Waals surface area contributed by atoms with Gasteiger partial charge in [-0.1, -0.05) is 6.07 Å². The number of hydrogen-bond donors (Lipinski definition) is 1. The van der Waals surface area contributed by atoms with Crippen LogP contribution in [-0.2, 0) is 6.54 Å². The van der Waals surface area contributed by atoms with Gasteiger partial charge in [-0.25, -0.2) is 0 Å². The maximum Gasteiger partial charge on any atom is 0.0890 e. The second kappa shape index (κ2) is 6.42. The Kier molecular flexibility index (Phi) is 4.61. The van der Waals surface area contributed by atoms with E-state index in [1.165, 1.54) is 12.0 Å². The average molecular weight is 244 g/mol. The Labute approximate surface area is 108 Å². The first-order valence-corrected chi connectivity index (χ1v) is 6.31. The fourth-order valence-corrected chi connectivity index (χ4v) is 1.87. The van der Waals surface area contributed by atoms with Crippen molar-refractivity contribution in [3.63, 3.8) is 0 Å². The van der Waals surface area contributed by atoms with Crippen molar-refractivity contribution in [3.8, 4) is 0 Å². The van der Waals surface area contributed by atoms with Crippen molar-refractivity contribution in [3.05, 3.63) is 36.2 Å². The van der Waals surface area contributed by atoms with Crippen molar-refractivity contribution in [2.75, 3.05) is 27.2 Å². The number of benzene rings is 1. The molecular formula is C14H20N4. The fraction of sp³-hybridized carbons (Fsp3) is 0.429. The molecule has 0 aliphatic carbocycles. The van der Waals surface area contributed by atoms with E-state index in [0.29, 0.717) is 0 Å². The lowest BCUT2D eigenvalue weighted by Gasteiger charge is -2.10. The van der Waals surface area contributed by atoms with Crippen molar-refractivity contribution in [2.24, 2.45) is 0 Å². The molecule has 0 saturated carbocycles. The fourth-order valence-electron chi connectivity index (χ4n) is 1.87. The monoisotopic (exact) mass is 244 g/mol. The Hall–Kier alpha value is -1.52. The number of aromatic nitrogens is 2. The minimum absolute atomic E-state index is 0.889. The quantitative estimate of drug-likeness (QED) is 0.785. The zero-order valence-electron chi connectivity index (χ0n) is 11.1. The number of nitrogens with zero attached hydrogens (tertiary/aromatic N) is 3. The summed E-state index contributed by atoms with van der Waals surface area (Å²) in [4.78, 5) is 10.8. The SMILES string of the molecule is CN(C)CCCNCc1ccc2nccnc2c1. The summed E-state index contributed by atoms with van der Waals surface area (Å²) in [7, 11) is 4.20. The standard InChI is InChI=1S/C14H20N4/c1-18(2)9-3-6-15-11-12-4-5-13-14(10-12)17-8-7-16-13/h4-5,7-8,10,15H,3,6,9,11H2,1-2H3. The van der Waals surface area contributed by atoms with Crippen LogP contribution in [0.4, 0.5) is 0 Å². The normalized spacial score (nSPS) is 11.3. The van der Waals surface area contributed by atoms with Gasteiger partial charge in [0.15, 0.2) is 0 Å². The van der Waals surface area contributed by atoms with Crippen LogP contribution in [0.2, 0.25) is 0 Å². The molecule has 2 aromatic rings. The lowest BCUT2D eigenvalue weighted by Crippen LogP contribution is -2.20. The summed E-state index contributed by atoms with van der Waals surface area (Å²) < 4.78 is 0. The minimum Gasteiger partial charge on any atom is -0.313 e. The van der Waals surface area contributed by atoms with Gasteiger partial charge >= 0.3 is 0 Å². The third-order valence-corrected chi connectivity index (χ3v) is 2.82. The largest absolute Gasteiger partial charge is 0.313 e. The molecule has 1 heterocycles. The Morgan fingerprint density at radius 2 is 1.89 bits per heavy atom. The molecule has 18 heavy (non-hydrogen) atoms. The maximum atomic E-state index is 4.31. The molecule has 0 aliphatic heterocycles. The van der Waals surface area contributed by atoms with Crippen molar-refractivity contribution in [1.82, 2.24) is 20.2 Å². The van der Waals surface area contributed by atoms with Gasteiger partial charge in [0.2, 0.25) is 0 Å². The van der Waals surface area contributed by atoms with Gasteiger partial charge < -0.3 is 10.2 Å². The molecule has 1 N–H and O–H groups in total. The summed E-state index contributed by atoms with van der Waals surface area (Å²) in [6.45, 7) is 3.05. The molecule has 4 nitrogen and oxygen atoms in total. The third kappa shape index (κ3) is 3.75. The number of hydrogen-bond acceptors (Lipinski definition) is 4. The third-order valence-electron chi connectivity index (χ3n) is 2.82. The second-order valence-corrected chi connectivity index (χ2v) is 4.71. The summed E-state index contributed by atoms with van der Waals surface area (Å²) in [5.74, 6) is 0. The predicted molar refractivity (Wildman–Crippen MR) is 74.4 cm³/mol. The van der Waals surface area contributed by atoms with Crippen LogP contribution in [0.15, 0.2) is 30.6 Å². The smallest absolute Gasteiger partial charge is 0.0890 e. The van der Waals surface area contributed by atoms with Crippen LogP contribution in [0.3, 0.4) is 0 Å². The zero-order chi connectivity index (χ0) is 12.8. The predicted octanol–water partition coefficient (Wildman–Crippen LogP) is 1.67. The van der Waals surface area contributed by atoms with Crippen molar-refractivity contribution in [2.45, 2.75) is 13.0 Å². The highest BCUT2D eigenvalue weighted by atomic mass is 15.0. The molecule has 1 aromatic heterocycles. The lowest BCUT2D eigenvalue weighted by molar-refractivity contribution is 0.394. The van der Waals surface area contributed by atoms with E-state index in [2.05, 4.69) is 46.4 Å². The van der Waals surface area contributed by atoms with Crippen LogP contribution in [-0.4, -0.2) is 42.1 Å². The van der Waals surface area contributed by atoms with E-state index in [1.807, 2.05) is 6.07 Å². The van der Waals surface area contributed by atoms with Gasteiger partial charge in [0.05, 0.1) is 11.0 Å². The molecular weight excluding hydrogens is 224 g/mol. The van der Waals surface area contributed by atoms with Gasteiger partial charge in [0, 0.05) is 18.9 Å². The van der Waals surface area contributed by atoms with Crippen LogP contribution < -0.4 is 5.32 Å². The molecule has 0 unspecified atom stereocenters. The second-order valence-electron chi connectivity index (χ2n) is 4.71. The van der Waals surface area contributed by atoms with E-state index >= 15 is 0 Å². The van der Waals surface area contributed by atoms with Crippen LogP contribution in [0.5, 0.6) is 0 Å². The first-order chi connectivity index (χ1) is 8.75. The van der Waals surface area contributed by atoms with E-state index in [-0.39, 0.29) is 0 Å². The molecule has 1 aromatic carbocycles. The molecule has 0 spiro atoms. The topological polar surface area (TPSA) is 41.0 Å². The highest BCUT2D eigenvalue weighted by molar-refractivity contribution is 5.74. The number of nitrogens with one attached hydrogen (secondary N) is 1. The van der Waals surface area contributed by atoms with Gasteiger partial charge in [-0.05, 0) is 51.3 Å². The first-order valence-electron chi connectivity index (χ1n) is 6.31. The van der Waals surface area contributed by atoms with Crippen LogP contribution >= 0.6 is 0 Å². The van der Waals surface area contributed by atoms with Crippen molar-refractivity contribution < 1.29 is 0 Å². The average Bonchev–Trinajstić information content (AvgIpc) is 2.38. The highest BCUT2D eigenvalue weighted by Gasteiger charge is 1.98. The van der Waals surface area contributed by atoms with Gasteiger partial charge in [-0.2, -0.15) is 0 Å². The summed E-state index contributed by atoms with van der Waals surface area (Å²) in [6.07, 6.45) is 4.62. The molecule has 0 aliphatic rings. The molecule has 0 atom stereocenters. The van der Waals surface area contributed by atoms with E-state index in [0.717, 1.165) is 30.7 Å².